The van der Waals surface area contributed by atoms with E-state index >= 15 is 0 Å². The largest absolute Gasteiger partial charge is 0.491 e. The van der Waals surface area contributed by atoms with Crippen molar-refractivity contribution in [1.82, 2.24) is 14.5 Å². The topological polar surface area (TPSA) is 47.4 Å². The Labute approximate surface area is 157 Å². The van der Waals surface area contributed by atoms with Crippen LogP contribution in [0.3, 0.4) is 0 Å². The molecule has 1 atom stereocenters. The predicted molar refractivity (Wildman–Crippen MR) is 99.9 cm³/mol. The van der Waals surface area contributed by atoms with Crippen molar-refractivity contribution in [2.75, 3.05) is 6.61 Å². The lowest BCUT2D eigenvalue weighted by Gasteiger charge is -2.26. The molecular formula is C21H20FN3O2. The molecule has 0 bridgehead atoms. The number of imidazole rings is 1. The second-order valence-corrected chi connectivity index (χ2v) is 6.79. The zero-order valence-corrected chi connectivity index (χ0v) is 15.2. The van der Waals surface area contributed by atoms with E-state index in [0.29, 0.717) is 19.0 Å². The molecule has 0 saturated heterocycles. The number of hydrogen-bond donors (Lipinski definition) is 0. The van der Waals surface area contributed by atoms with E-state index < -0.39 is 0 Å². The average Bonchev–Trinajstić information content (AvgIpc) is 3.02. The van der Waals surface area contributed by atoms with Crippen LogP contribution in [0.2, 0.25) is 0 Å². The molecule has 0 spiro atoms. The van der Waals surface area contributed by atoms with Crippen molar-refractivity contribution in [1.29, 1.82) is 0 Å². The van der Waals surface area contributed by atoms with Gasteiger partial charge in [0.15, 0.2) is 5.82 Å². The molecular weight excluding hydrogens is 345 g/mol. The van der Waals surface area contributed by atoms with Gasteiger partial charge in [-0.1, -0.05) is 18.2 Å². The Morgan fingerprint density at radius 3 is 2.78 bits per heavy atom. The Morgan fingerprint density at radius 1 is 1.22 bits per heavy atom. The molecule has 138 valence electrons. The standard InChI is InChI=1S/C21H20FN3O2/c1-14-13-27-19-7-6-16(15-4-3-5-18(22)11-15)10-17(19)12-25(14)21(26)20-23-8-9-24(20)2/h3-11,14H,12-13H2,1-2H3/t14-/m0/s1. The highest BCUT2D eigenvalue weighted by Crippen LogP contribution is 2.31. The number of aromatic nitrogens is 2. The summed E-state index contributed by atoms with van der Waals surface area (Å²) < 4.78 is 21.2. The van der Waals surface area contributed by atoms with Gasteiger partial charge in [0.05, 0.1) is 12.6 Å². The summed E-state index contributed by atoms with van der Waals surface area (Å²) in [7, 11) is 1.80. The molecule has 27 heavy (non-hydrogen) atoms. The average molecular weight is 365 g/mol. The van der Waals surface area contributed by atoms with Crippen molar-refractivity contribution in [3.05, 3.63) is 72.1 Å². The van der Waals surface area contributed by atoms with E-state index in [1.807, 2.05) is 31.2 Å². The summed E-state index contributed by atoms with van der Waals surface area (Å²) >= 11 is 0. The van der Waals surface area contributed by atoms with Crippen LogP contribution in [0.1, 0.15) is 23.1 Å². The van der Waals surface area contributed by atoms with Crippen LogP contribution < -0.4 is 4.74 Å². The van der Waals surface area contributed by atoms with E-state index in [4.69, 9.17) is 4.74 Å². The lowest BCUT2D eigenvalue weighted by molar-refractivity contribution is 0.0629. The van der Waals surface area contributed by atoms with E-state index in [2.05, 4.69) is 4.98 Å². The lowest BCUT2D eigenvalue weighted by atomic mass is 10.0. The highest BCUT2D eigenvalue weighted by molar-refractivity contribution is 5.91. The molecule has 1 aliphatic rings. The van der Waals surface area contributed by atoms with Crippen molar-refractivity contribution in [3.63, 3.8) is 0 Å². The molecule has 1 amide bonds. The van der Waals surface area contributed by atoms with Gasteiger partial charge in [0.1, 0.15) is 18.2 Å². The summed E-state index contributed by atoms with van der Waals surface area (Å²) in [6.45, 7) is 2.77. The van der Waals surface area contributed by atoms with Crippen molar-refractivity contribution in [2.24, 2.45) is 7.05 Å². The lowest BCUT2D eigenvalue weighted by Crippen LogP contribution is -2.40. The first kappa shape index (κ1) is 17.3. The molecule has 0 aliphatic carbocycles. The molecule has 0 N–H and O–H groups in total. The maximum atomic E-state index is 13.6. The van der Waals surface area contributed by atoms with Gasteiger partial charge in [-0.2, -0.15) is 0 Å². The molecule has 0 unspecified atom stereocenters. The van der Waals surface area contributed by atoms with Gasteiger partial charge in [0, 0.05) is 25.0 Å². The molecule has 4 rings (SSSR count). The monoisotopic (exact) mass is 365 g/mol. The number of nitrogens with zero attached hydrogens (tertiary/aromatic N) is 3. The molecule has 6 heteroatoms. The quantitative estimate of drug-likeness (QED) is 0.696. The molecule has 5 nitrogen and oxygen atoms in total. The molecule has 0 saturated carbocycles. The van der Waals surface area contributed by atoms with Gasteiger partial charge in [-0.3, -0.25) is 4.79 Å². The smallest absolute Gasteiger partial charge is 0.290 e. The minimum Gasteiger partial charge on any atom is -0.491 e. The number of carbonyl (C=O) groups excluding carboxylic acids is 1. The van der Waals surface area contributed by atoms with Crippen molar-refractivity contribution in [3.8, 4) is 16.9 Å². The SMILES string of the molecule is C[C@H]1COc2ccc(-c3cccc(F)c3)cc2CN1C(=O)c1nccn1C. The first-order valence-corrected chi connectivity index (χ1v) is 8.83. The summed E-state index contributed by atoms with van der Waals surface area (Å²) in [6.07, 6.45) is 3.37. The van der Waals surface area contributed by atoms with Crippen LogP contribution in [0.4, 0.5) is 4.39 Å². The van der Waals surface area contributed by atoms with Gasteiger partial charge in [0.2, 0.25) is 0 Å². The maximum Gasteiger partial charge on any atom is 0.290 e. The van der Waals surface area contributed by atoms with Crippen molar-refractivity contribution >= 4 is 5.91 Å². The second kappa shape index (κ2) is 6.87. The van der Waals surface area contributed by atoms with Gasteiger partial charge >= 0.3 is 0 Å². The number of amides is 1. The number of rotatable bonds is 2. The van der Waals surface area contributed by atoms with Crippen molar-refractivity contribution in [2.45, 2.75) is 19.5 Å². The van der Waals surface area contributed by atoms with Crippen molar-refractivity contribution < 1.29 is 13.9 Å². The molecule has 2 heterocycles. The summed E-state index contributed by atoms with van der Waals surface area (Å²) in [4.78, 5) is 18.9. The third kappa shape index (κ3) is 3.30. The second-order valence-electron chi connectivity index (χ2n) is 6.79. The predicted octanol–water partition coefficient (Wildman–Crippen LogP) is 3.65. The van der Waals surface area contributed by atoms with E-state index in [-0.39, 0.29) is 17.8 Å². The van der Waals surface area contributed by atoms with Crippen LogP contribution in [0.5, 0.6) is 5.75 Å². The fraction of sp³-hybridized carbons (Fsp3) is 0.238. The fourth-order valence-electron chi connectivity index (χ4n) is 3.30. The van der Waals surface area contributed by atoms with Crippen LogP contribution in [-0.4, -0.2) is 33.0 Å². The minimum absolute atomic E-state index is 0.0979. The molecule has 3 aromatic rings. The molecule has 0 radical (unpaired) electrons. The Kier molecular flexibility index (Phi) is 4.39. The van der Waals surface area contributed by atoms with Gasteiger partial charge < -0.3 is 14.2 Å². The maximum absolute atomic E-state index is 13.6. The fourth-order valence-corrected chi connectivity index (χ4v) is 3.30. The molecule has 1 aromatic heterocycles. The normalized spacial score (nSPS) is 16.4. The highest BCUT2D eigenvalue weighted by Gasteiger charge is 2.28. The number of aryl methyl sites for hydroxylation is 1. The molecule has 1 aliphatic heterocycles. The Balaban J connectivity index is 1.69. The first-order chi connectivity index (χ1) is 13.0. The van der Waals surface area contributed by atoms with E-state index in [1.165, 1.54) is 12.1 Å². The van der Waals surface area contributed by atoms with Gasteiger partial charge in [-0.25, -0.2) is 9.37 Å². The Bertz CT molecular complexity index is 999. The van der Waals surface area contributed by atoms with E-state index in [1.54, 1.807) is 35.0 Å². The summed E-state index contributed by atoms with van der Waals surface area (Å²) in [5.41, 5.74) is 2.57. The van der Waals surface area contributed by atoms with Crippen LogP contribution in [-0.2, 0) is 13.6 Å². The van der Waals surface area contributed by atoms with Gasteiger partial charge in [-0.15, -0.1) is 0 Å². The number of benzene rings is 2. The van der Waals surface area contributed by atoms with Gasteiger partial charge in [-0.05, 0) is 42.3 Å². The number of ether oxygens (including phenoxy) is 1. The molecule has 2 aromatic carbocycles. The highest BCUT2D eigenvalue weighted by atomic mass is 19.1. The van der Waals surface area contributed by atoms with Crippen LogP contribution in [0, 0.1) is 5.82 Å². The Morgan fingerprint density at radius 2 is 2.04 bits per heavy atom. The Hall–Kier alpha value is -3.15. The molecule has 0 fully saturated rings. The number of hydrogen-bond acceptors (Lipinski definition) is 3. The van der Waals surface area contributed by atoms with Crippen LogP contribution >= 0.6 is 0 Å². The van der Waals surface area contributed by atoms with Crippen LogP contribution in [0.15, 0.2) is 54.9 Å². The minimum atomic E-state index is -0.279. The number of halogens is 1. The van der Waals surface area contributed by atoms with Crippen LogP contribution in [0.25, 0.3) is 11.1 Å². The third-order valence-corrected chi connectivity index (χ3v) is 4.84. The number of carbonyl (C=O) groups is 1. The van der Waals surface area contributed by atoms with E-state index in [0.717, 1.165) is 22.4 Å². The zero-order valence-electron chi connectivity index (χ0n) is 15.2. The zero-order chi connectivity index (χ0) is 19.0. The summed E-state index contributed by atoms with van der Waals surface area (Å²) in [5, 5.41) is 0. The third-order valence-electron chi connectivity index (χ3n) is 4.84. The number of fused-ring (bicyclic) bond motifs is 1. The first-order valence-electron chi connectivity index (χ1n) is 8.83. The van der Waals surface area contributed by atoms with E-state index in [9.17, 15) is 9.18 Å². The van der Waals surface area contributed by atoms with Gasteiger partial charge in [0.25, 0.3) is 5.91 Å². The summed E-state index contributed by atoms with van der Waals surface area (Å²) in [6, 6.07) is 12.1. The summed E-state index contributed by atoms with van der Waals surface area (Å²) in [5.74, 6) is 0.727.